The molecule has 0 bridgehead atoms. The van der Waals surface area contributed by atoms with Gasteiger partial charge in [-0.3, -0.25) is 9.69 Å². The average Bonchev–Trinajstić information content (AvgIpc) is 3.21. The average molecular weight is 462 g/mol. The van der Waals surface area contributed by atoms with Crippen molar-refractivity contribution < 1.29 is 9.53 Å². The van der Waals surface area contributed by atoms with Gasteiger partial charge in [-0.05, 0) is 49.8 Å². The highest BCUT2D eigenvalue weighted by Gasteiger charge is 2.22. The van der Waals surface area contributed by atoms with Gasteiger partial charge in [-0.15, -0.1) is 12.4 Å². The Hall–Kier alpha value is -2.15. The number of hydrogen-bond donors (Lipinski definition) is 0. The van der Waals surface area contributed by atoms with E-state index in [-0.39, 0.29) is 18.3 Å². The van der Waals surface area contributed by atoms with Gasteiger partial charge >= 0.3 is 0 Å². The van der Waals surface area contributed by atoms with E-state index in [2.05, 4.69) is 25.7 Å². The van der Waals surface area contributed by atoms with Crippen LogP contribution in [0.2, 0.25) is 0 Å². The SMILES string of the molecule is CCCCOc1cccc(C(=O)N(CCN(CC)CC)c2nc3ccccc3s2)c1.Cl. The van der Waals surface area contributed by atoms with Crippen LogP contribution in [0.5, 0.6) is 5.75 Å². The molecular weight excluding hydrogens is 430 g/mol. The zero-order valence-corrected chi connectivity index (χ0v) is 20.2. The molecule has 0 fully saturated rings. The van der Waals surface area contributed by atoms with Crippen LogP contribution in [0.4, 0.5) is 5.13 Å². The maximum absolute atomic E-state index is 13.5. The smallest absolute Gasteiger partial charge is 0.260 e. The number of ether oxygens (including phenoxy) is 1. The summed E-state index contributed by atoms with van der Waals surface area (Å²) >= 11 is 1.56. The molecular formula is C24H32ClN3O2S. The normalized spacial score (nSPS) is 10.8. The number of carbonyl (C=O) groups excluding carboxylic acids is 1. The summed E-state index contributed by atoms with van der Waals surface area (Å²) in [7, 11) is 0. The van der Waals surface area contributed by atoms with Crippen LogP contribution in [-0.2, 0) is 0 Å². The minimum absolute atomic E-state index is 0. The summed E-state index contributed by atoms with van der Waals surface area (Å²) in [5.74, 6) is 0.699. The molecule has 0 aliphatic heterocycles. The third kappa shape index (κ3) is 6.66. The Bertz CT molecular complexity index is 926. The van der Waals surface area contributed by atoms with Crippen LogP contribution >= 0.6 is 23.7 Å². The number of rotatable bonds is 11. The lowest BCUT2D eigenvalue weighted by Gasteiger charge is -2.25. The van der Waals surface area contributed by atoms with Crippen LogP contribution in [0.15, 0.2) is 48.5 Å². The molecule has 3 aromatic rings. The minimum atomic E-state index is -0.0397. The Morgan fingerprint density at radius 3 is 2.52 bits per heavy atom. The third-order valence-electron chi connectivity index (χ3n) is 5.14. The molecule has 0 aliphatic carbocycles. The number of likely N-dealkylation sites (N-methyl/N-ethyl adjacent to an activating group) is 1. The lowest BCUT2D eigenvalue weighted by atomic mass is 10.2. The van der Waals surface area contributed by atoms with Crippen molar-refractivity contribution in [3.05, 3.63) is 54.1 Å². The zero-order chi connectivity index (χ0) is 21.3. The fourth-order valence-corrected chi connectivity index (χ4v) is 4.24. The van der Waals surface area contributed by atoms with Gasteiger partial charge in [0.2, 0.25) is 0 Å². The van der Waals surface area contributed by atoms with E-state index in [1.807, 2.05) is 53.4 Å². The van der Waals surface area contributed by atoms with Crippen LogP contribution in [0.3, 0.4) is 0 Å². The van der Waals surface area contributed by atoms with Gasteiger partial charge in [-0.25, -0.2) is 4.98 Å². The van der Waals surface area contributed by atoms with Crippen molar-refractivity contribution in [2.45, 2.75) is 33.6 Å². The molecule has 1 amide bonds. The topological polar surface area (TPSA) is 45.7 Å². The molecule has 2 aromatic carbocycles. The Morgan fingerprint density at radius 1 is 1.03 bits per heavy atom. The van der Waals surface area contributed by atoms with Crippen LogP contribution in [-0.4, -0.2) is 48.6 Å². The van der Waals surface area contributed by atoms with E-state index in [0.717, 1.165) is 53.6 Å². The Labute approximate surface area is 195 Å². The molecule has 7 heteroatoms. The Kier molecular flexibility index (Phi) is 10.2. The summed E-state index contributed by atoms with van der Waals surface area (Å²) in [6, 6.07) is 15.5. The molecule has 0 saturated heterocycles. The van der Waals surface area contributed by atoms with E-state index in [1.54, 1.807) is 11.3 Å². The molecule has 0 aliphatic rings. The van der Waals surface area contributed by atoms with Gasteiger partial charge in [0, 0.05) is 18.7 Å². The molecule has 0 atom stereocenters. The number of hydrogen-bond acceptors (Lipinski definition) is 5. The van der Waals surface area contributed by atoms with Gasteiger partial charge in [-0.1, -0.05) is 56.7 Å². The summed E-state index contributed by atoms with van der Waals surface area (Å²) in [6.45, 7) is 10.4. The van der Waals surface area contributed by atoms with Crippen LogP contribution in [0.25, 0.3) is 10.2 Å². The van der Waals surface area contributed by atoms with Crippen molar-refractivity contribution in [2.75, 3.05) is 37.7 Å². The number of anilines is 1. The number of fused-ring (bicyclic) bond motifs is 1. The highest BCUT2D eigenvalue weighted by Crippen LogP contribution is 2.30. The van der Waals surface area contributed by atoms with E-state index >= 15 is 0 Å². The van der Waals surface area contributed by atoms with Gasteiger partial charge in [0.15, 0.2) is 5.13 Å². The third-order valence-corrected chi connectivity index (χ3v) is 6.20. The molecule has 0 spiro atoms. The van der Waals surface area contributed by atoms with Crippen molar-refractivity contribution in [1.29, 1.82) is 0 Å². The number of carbonyl (C=O) groups is 1. The zero-order valence-electron chi connectivity index (χ0n) is 18.5. The molecule has 0 saturated carbocycles. The van der Waals surface area contributed by atoms with Crippen LogP contribution < -0.4 is 9.64 Å². The fraction of sp³-hybridized carbons (Fsp3) is 0.417. The van der Waals surface area contributed by atoms with Crippen molar-refractivity contribution in [3.8, 4) is 5.75 Å². The predicted molar refractivity (Wildman–Crippen MR) is 133 cm³/mol. The highest BCUT2D eigenvalue weighted by molar-refractivity contribution is 7.22. The molecule has 0 unspecified atom stereocenters. The molecule has 0 radical (unpaired) electrons. The first-order valence-electron chi connectivity index (χ1n) is 10.8. The van der Waals surface area contributed by atoms with E-state index < -0.39 is 0 Å². The first-order chi connectivity index (χ1) is 14.7. The predicted octanol–water partition coefficient (Wildman–Crippen LogP) is 5.89. The van der Waals surface area contributed by atoms with Gasteiger partial charge < -0.3 is 9.64 Å². The number of unbranched alkanes of at least 4 members (excludes halogenated alkanes) is 1. The number of thiazole rings is 1. The Balaban J connectivity index is 0.00000341. The fourth-order valence-electron chi connectivity index (χ4n) is 3.25. The molecule has 0 N–H and O–H groups in total. The summed E-state index contributed by atoms with van der Waals surface area (Å²) < 4.78 is 6.90. The van der Waals surface area contributed by atoms with Gasteiger partial charge in [0.25, 0.3) is 5.91 Å². The largest absolute Gasteiger partial charge is 0.494 e. The quantitative estimate of drug-likeness (QED) is 0.334. The number of nitrogens with zero attached hydrogens (tertiary/aromatic N) is 3. The maximum atomic E-state index is 13.5. The molecule has 1 aromatic heterocycles. The molecule has 168 valence electrons. The highest BCUT2D eigenvalue weighted by atomic mass is 35.5. The van der Waals surface area contributed by atoms with Crippen LogP contribution in [0, 0.1) is 0 Å². The van der Waals surface area contributed by atoms with Crippen molar-refractivity contribution >= 4 is 45.0 Å². The molecule has 5 nitrogen and oxygen atoms in total. The second-order valence-corrected chi connectivity index (χ2v) is 8.19. The van der Waals surface area contributed by atoms with Crippen molar-refractivity contribution in [1.82, 2.24) is 9.88 Å². The number of benzene rings is 2. The lowest BCUT2D eigenvalue weighted by molar-refractivity contribution is 0.0983. The number of amides is 1. The van der Waals surface area contributed by atoms with Gasteiger partial charge in [-0.2, -0.15) is 0 Å². The first kappa shape index (κ1) is 25.1. The number of halogens is 1. The number of aromatic nitrogens is 1. The summed E-state index contributed by atoms with van der Waals surface area (Å²) in [6.07, 6.45) is 2.08. The molecule has 1 heterocycles. The lowest BCUT2D eigenvalue weighted by Crippen LogP contribution is -2.38. The molecule has 3 rings (SSSR count). The summed E-state index contributed by atoms with van der Waals surface area (Å²) in [5.41, 5.74) is 1.55. The minimum Gasteiger partial charge on any atom is -0.494 e. The number of para-hydroxylation sites is 1. The van der Waals surface area contributed by atoms with Crippen molar-refractivity contribution in [2.24, 2.45) is 0 Å². The van der Waals surface area contributed by atoms with Crippen LogP contribution in [0.1, 0.15) is 44.0 Å². The van der Waals surface area contributed by atoms with Crippen molar-refractivity contribution in [3.63, 3.8) is 0 Å². The molecule has 31 heavy (non-hydrogen) atoms. The maximum Gasteiger partial charge on any atom is 0.260 e. The van der Waals surface area contributed by atoms with Gasteiger partial charge in [0.1, 0.15) is 5.75 Å². The van der Waals surface area contributed by atoms with E-state index in [0.29, 0.717) is 18.7 Å². The summed E-state index contributed by atoms with van der Waals surface area (Å²) in [4.78, 5) is 22.4. The monoisotopic (exact) mass is 461 g/mol. The Morgan fingerprint density at radius 2 is 1.81 bits per heavy atom. The second-order valence-electron chi connectivity index (χ2n) is 7.18. The first-order valence-corrected chi connectivity index (χ1v) is 11.6. The van der Waals surface area contributed by atoms with Gasteiger partial charge in [0.05, 0.1) is 16.8 Å². The van der Waals surface area contributed by atoms with E-state index in [4.69, 9.17) is 9.72 Å². The standard InChI is InChI=1S/C24H31N3O2S.ClH/c1-4-7-17-29-20-12-10-11-19(18-20)23(28)27(16-15-26(5-2)6-3)24-25-21-13-8-9-14-22(21)30-24;/h8-14,18H,4-7,15-17H2,1-3H3;1H. The summed E-state index contributed by atoms with van der Waals surface area (Å²) in [5, 5.41) is 0.741. The van der Waals surface area contributed by atoms with E-state index in [9.17, 15) is 4.79 Å². The van der Waals surface area contributed by atoms with E-state index in [1.165, 1.54) is 0 Å². The second kappa shape index (κ2) is 12.6.